The number of hydrogen-bond donors (Lipinski definition) is 1. The molecule has 0 aliphatic heterocycles. The third-order valence-electron chi connectivity index (χ3n) is 3.13. The fourth-order valence-corrected chi connectivity index (χ4v) is 2.06. The average Bonchev–Trinajstić information content (AvgIpc) is 2.67. The van der Waals surface area contributed by atoms with Crippen LogP contribution in [0, 0.1) is 0 Å². The summed E-state index contributed by atoms with van der Waals surface area (Å²) in [5.74, 6) is 0.524. The maximum atomic E-state index is 10.5. The maximum absolute atomic E-state index is 10.5. The van der Waals surface area contributed by atoms with Gasteiger partial charge in [0.25, 0.3) is 0 Å². The molecule has 160 valence electrons. The molecule has 1 amide bonds. The van der Waals surface area contributed by atoms with E-state index in [9.17, 15) is 4.79 Å². The van der Waals surface area contributed by atoms with Crippen molar-refractivity contribution in [1.82, 2.24) is 0 Å². The van der Waals surface area contributed by atoms with E-state index in [1.807, 2.05) is 27.7 Å². The molecule has 5 nitrogen and oxygen atoms in total. The molecule has 0 heterocycles. The summed E-state index contributed by atoms with van der Waals surface area (Å²) in [5.41, 5.74) is 5.06. The SMILES string of the molecule is CC.CC.NC(=O)CCCCCOCCOCCOCCCCCCCl. The topological polar surface area (TPSA) is 70.8 Å². The van der Waals surface area contributed by atoms with Crippen LogP contribution >= 0.6 is 11.6 Å². The van der Waals surface area contributed by atoms with E-state index in [4.69, 9.17) is 31.5 Å². The third-order valence-corrected chi connectivity index (χ3v) is 3.40. The summed E-state index contributed by atoms with van der Waals surface area (Å²) in [6.07, 6.45) is 7.80. The lowest BCUT2D eigenvalue weighted by Gasteiger charge is -2.07. The van der Waals surface area contributed by atoms with Gasteiger partial charge in [-0.2, -0.15) is 0 Å². The fourth-order valence-electron chi connectivity index (χ4n) is 1.87. The molecule has 6 heteroatoms. The Labute approximate surface area is 167 Å². The molecule has 0 aromatic carbocycles. The largest absolute Gasteiger partial charge is 0.379 e. The van der Waals surface area contributed by atoms with Gasteiger partial charge in [-0.1, -0.05) is 47.0 Å². The first-order valence-corrected chi connectivity index (χ1v) is 10.9. The van der Waals surface area contributed by atoms with Crippen LogP contribution in [-0.2, 0) is 19.0 Å². The maximum Gasteiger partial charge on any atom is 0.217 e. The lowest BCUT2D eigenvalue weighted by Crippen LogP contribution is -2.11. The van der Waals surface area contributed by atoms with Gasteiger partial charge in [-0.15, -0.1) is 11.6 Å². The zero-order valence-corrected chi connectivity index (χ0v) is 18.5. The van der Waals surface area contributed by atoms with Gasteiger partial charge in [-0.25, -0.2) is 0 Å². The van der Waals surface area contributed by atoms with Gasteiger partial charge in [0.2, 0.25) is 5.91 Å². The highest BCUT2D eigenvalue weighted by atomic mass is 35.5. The Balaban J connectivity index is -0.00000123. The highest BCUT2D eigenvalue weighted by Crippen LogP contribution is 2.01. The number of carbonyl (C=O) groups is 1. The van der Waals surface area contributed by atoms with Crippen molar-refractivity contribution in [2.75, 3.05) is 45.5 Å². The fraction of sp³-hybridized carbons (Fsp3) is 0.950. The molecule has 0 saturated heterocycles. The van der Waals surface area contributed by atoms with Gasteiger partial charge in [0.1, 0.15) is 0 Å². The minimum absolute atomic E-state index is 0.230. The summed E-state index contributed by atoms with van der Waals surface area (Å²) in [5, 5.41) is 0. The van der Waals surface area contributed by atoms with Gasteiger partial charge in [0.15, 0.2) is 0 Å². The van der Waals surface area contributed by atoms with Crippen LogP contribution in [0.1, 0.15) is 79.1 Å². The standard InChI is InChI=1S/C16H32ClNO4.2C2H6/c17-9-5-1-2-6-10-20-12-14-22-15-13-21-11-7-3-4-8-16(18)19;2*1-2/h1-15H2,(H2,18,19);2*1-2H3. The molecule has 0 aliphatic rings. The molecule has 0 fully saturated rings. The minimum Gasteiger partial charge on any atom is -0.379 e. The molecule has 0 aliphatic carbocycles. The van der Waals surface area contributed by atoms with E-state index in [-0.39, 0.29) is 5.91 Å². The second-order valence-electron chi connectivity index (χ2n) is 5.22. The van der Waals surface area contributed by atoms with Gasteiger partial charge in [-0.3, -0.25) is 4.79 Å². The normalized spacial score (nSPS) is 9.73. The Morgan fingerprint density at radius 2 is 1.04 bits per heavy atom. The van der Waals surface area contributed by atoms with E-state index >= 15 is 0 Å². The Kier molecular flexibility index (Phi) is 37.8. The van der Waals surface area contributed by atoms with Crippen molar-refractivity contribution < 1.29 is 19.0 Å². The molecule has 0 bridgehead atoms. The van der Waals surface area contributed by atoms with Crippen LogP contribution in [0.3, 0.4) is 0 Å². The van der Waals surface area contributed by atoms with Gasteiger partial charge in [0.05, 0.1) is 26.4 Å². The number of unbranched alkanes of at least 4 members (excludes halogenated alkanes) is 5. The number of nitrogens with two attached hydrogens (primary N) is 1. The molecule has 0 rings (SSSR count). The molecule has 0 spiro atoms. The Bertz CT molecular complexity index is 244. The van der Waals surface area contributed by atoms with Crippen molar-refractivity contribution in [2.45, 2.75) is 79.1 Å². The zero-order chi connectivity index (χ0) is 20.3. The van der Waals surface area contributed by atoms with Gasteiger partial charge >= 0.3 is 0 Å². The second-order valence-corrected chi connectivity index (χ2v) is 5.60. The van der Waals surface area contributed by atoms with E-state index in [0.717, 1.165) is 44.6 Å². The van der Waals surface area contributed by atoms with Gasteiger partial charge < -0.3 is 19.9 Å². The van der Waals surface area contributed by atoms with Gasteiger partial charge in [-0.05, 0) is 25.7 Å². The first-order valence-electron chi connectivity index (χ1n) is 10.3. The van der Waals surface area contributed by atoms with Crippen LogP contribution in [0.15, 0.2) is 0 Å². The summed E-state index contributed by atoms with van der Waals surface area (Å²) >= 11 is 5.60. The van der Waals surface area contributed by atoms with Crippen molar-refractivity contribution in [1.29, 1.82) is 0 Å². The molecule has 0 atom stereocenters. The Morgan fingerprint density at radius 1 is 0.654 bits per heavy atom. The van der Waals surface area contributed by atoms with Crippen LogP contribution in [-0.4, -0.2) is 51.4 Å². The van der Waals surface area contributed by atoms with Crippen molar-refractivity contribution in [3.63, 3.8) is 0 Å². The Hall–Kier alpha value is -0.360. The third kappa shape index (κ3) is 34.9. The predicted octanol–water partition coefficient (Wildman–Crippen LogP) is 4.93. The number of amides is 1. The van der Waals surface area contributed by atoms with E-state index in [1.165, 1.54) is 12.8 Å². The second kappa shape index (κ2) is 32.3. The number of halogens is 1. The van der Waals surface area contributed by atoms with Crippen molar-refractivity contribution in [2.24, 2.45) is 5.73 Å². The first-order chi connectivity index (χ1) is 12.8. The minimum atomic E-state index is -0.230. The first kappa shape index (κ1) is 30.4. The lowest BCUT2D eigenvalue weighted by molar-refractivity contribution is -0.118. The number of primary amides is 1. The molecule has 0 aromatic heterocycles. The van der Waals surface area contributed by atoms with Crippen molar-refractivity contribution >= 4 is 17.5 Å². The molecular weight excluding hydrogens is 354 g/mol. The van der Waals surface area contributed by atoms with Crippen molar-refractivity contribution in [3.05, 3.63) is 0 Å². The summed E-state index contributed by atoms with van der Waals surface area (Å²) in [6.45, 7) is 12.0. The molecule has 0 unspecified atom stereocenters. The number of rotatable bonds is 18. The lowest BCUT2D eigenvalue weighted by atomic mass is 10.2. The van der Waals surface area contributed by atoms with E-state index in [0.29, 0.717) is 39.5 Å². The van der Waals surface area contributed by atoms with E-state index in [1.54, 1.807) is 0 Å². The van der Waals surface area contributed by atoms with Crippen LogP contribution in [0.25, 0.3) is 0 Å². The van der Waals surface area contributed by atoms with Crippen molar-refractivity contribution in [3.8, 4) is 0 Å². The number of ether oxygens (including phenoxy) is 3. The average molecular weight is 398 g/mol. The highest BCUT2D eigenvalue weighted by Gasteiger charge is 1.95. The van der Waals surface area contributed by atoms with E-state index < -0.39 is 0 Å². The quantitative estimate of drug-likeness (QED) is 0.263. The molecular formula is C20H44ClNO4. The molecule has 2 N–H and O–H groups in total. The molecule has 26 heavy (non-hydrogen) atoms. The zero-order valence-electron chi connectivity index (χ0n) is 17.7. The molecule has 0 radical (unpaired) electrons. The number of carbonyl (C=O) groups excluding carboxylic acids is 1. The highest BCUT2D eigenvalue weighted by molar-refractivity contribution is 6.17. The summed E-state index contributed by atoms with van der Waals surface area (Å²) < 4.78 is 16.3. The van der Waals surface area contributed by atoms with Gasteiger partial charge in [0, 0.05) is 25.5 Å². The summed E-state index contributed by atoms with van der Waals surface area (Å²) in [4.78, 5) is 10.5. The number of alkyl halides is 1. The molecule has 0 saturated carbocycles. The molecule has 0 aromatic rings. The monoisotopic (exact) mass is 397 g/mol. The predicted molar refractivity (Wildman–Crippen MR) is 112 cm³/mol. The summed E-state index contributed by atoms with van der Waals surface area (Å²) in [6, 6.07) is 0. The van der Waals surface area contributed by atoms with Crippen LogP contribution in [0.4, 0.5) is 0 Å². The van der Waals surface area contributed by atoms with Crippen LogP contribution < -0.4 is 5.73 Å². The Morgan fingerprint density at radius 3 is 1.46 bits per heavy atom. The van der Waals surface area contributed by atoms with Crippen LogP contribution in [0.2, 0.25) is 0 Å². The van der Waals surface area contributed by atoms with E-state index in [2.05, 4.69) is 0 Å². The summed E-state index contributed by atoms with van der Waals surface area (Å²) in [7, 11) is 0. The smallest absolute Gasteiger partial charge is 0.217 e. The number of hydrogen-bond acceptors (Lipinski definition) is 4. The van der Waals surface area contributed by atoms with Crippen LogP contribution in [0.5, 0.6) is 0 Å².